The van der Waals surface area contributed by atoms with E-state index in [4.69, 9.17) is 15.0 Å². The lowest BCUT2D eigenvalue weighted by Crippen LogP contribution is -2.07. The van der Waals surface area contributed by atoms with Gasteiger partial charge in [0.05, 0.1) is 22.6 Å². The molecular formula is C49H36N6. The van der Waals surface area contributed by atoms with Crippen molar-refractivity contribution in [3.8, 4) is 45.9 Å². The van der Waals surface area contributed by atoms with Crippen LogP contribution >= 0.6 is 0 Å². The van der Waals surface area contributed by atoms with Crippen molar-refractivity contribution in [2.75, 3.05) is 0 Å². The van der Waals surface area contributed by atoms with Gasteiger partial charge in [-0.3, -0.25) is 4.57 Å². The Labute approximate surface area is 319 Å². The number of rotatable bonds is 7. The van der Waals surface area contributed by atoms with Crippen LogP contribution in [-0.4, -0.2) is 24.1 Å². The van der Waals surface area contributed by atoms with Crippen LogP contribution in [0, 0.1) is 18.3 Å². The van der Waals surface area contributed by atoms with Crippen molar-refractivity contribution < 1.29 is 0 Å². The average Bonchev–Trinajstić information content (AvgIpc) is 3.62. The van der Waals surface area contributed by atoms with Crippen LogP contribution in [-0.2, 0) is 0 Å². The van der Waals surface area contributed by atoms with Gasteiger partial charge in [-0.05, 0) is 60.5 Å². The molecule has 1 aliphatic carbocycles. The topological polar surface area (TPSA) is 72.3 Å². The molecule has 6 heteroatoms. The summed E-state index contributed by atoms with van der Waals surface area (Å²) in [7, 11) is 0. The Morgan fingerprint density at radius 2 is 1.24 bits per heavy atom. The molecule has 6 nitrogen and oxygen atoms in total. The molecule has 0 amide bonds. The lowest BCUT2D eigenvalue weighted by molar-refractivity contribution is 0.906. The summed E-state index contributed by atoms with van der Waals surface area (Å²) in [4.78, 5) is 15.1. The molecule has 8 aromatic rings. The molecule has 1 aliphatic rings. The fourth-order valence-corrected chi connectivity index (χ4v) is 7.75. The Morgan fingerprint density at radius 1 is 0.636 bits per heavy atom. The minimum atomic E-state index is 0.558. The summed E-state index contributed by atoms with van der Waals surface area (Å²) in [5, 5.41) is 13.1. The van der Waals surface area contributed by atoms with E-state index in [0.29, 0.717) is 30.4 Å². The molecule has 9 rings (SSSR count). The summed E-state index contributed by atoms with van der Waals surface area (Å²) in [5.41, 5.74) is 12.3. The summed E-state index contributed by atoms with van der Waals surface area (Å²) in [5.74, 6) is 1.79. The summed E-state index contributed by atoms with van der Waals surface area (Å²) in [6, 6.07) is 44.3. The highest BCUT2D eigenvalue weighted by Gasteiger charge is 2.21. The highest BCUT2D eigenvalue weighted by molar-refractivity contribution is 6.11. The second kappa shape index (κ2) is 13.9. The largest absolute Gasteiger partial charge is 0.313 e. The fraction of sp³-hybridized carbons (Fsp3) is 0.0612. The molecule has 55 heavy (non-hydrogen) atoms. The maximum Gasteiger partial charge on any atom is 0.238 e. The molecule has 5 aromatic carbocycles. The van der Waals surface area contributed by atoms with Gasteiger partial charge in [0.1, 0.15) is 0 Å². The molecule has 0 atom stereocenters. The van der Waals surface area contributed by atoms with Crippen LogP contribution in [0.5, 0.6) is 0 Å². The predicted molar refractivity (Wildman–Crippen MR) is 226 cm³/mol. The second-order valence-electron chi connectivity index (χ2n) is 13.8. The van der Waals surface area contributed by atoms with Crippen molar-refractivity contribution in [3.05, 3.63) is 181 Å². The normalized spacial score (nSPS) is 13.3. The molecule has 0 radical (unpaired) electrons. The first-order valence-corrected chi connectivity index (χ1v) is 18.3. The van der Waals surface area contributed by atoms with Crippen molar-refractivity contribution in [3.63, 3.8) is 0 Å². The van der Waals surface area contributed by atoms with Gasteiger partial charge in [0.25, 0.3) is 0 Å². The third-order valence-electron chi connectivity index (χ3n) is 10.3. The van der Waals surface area contributed by atoms with Gasteiger partial charge in [-0.2, -0.15) is 15.2 Å². The lowest BCUT2D eigenvalue weighted by Gasteiger charge is -2.13. The van der Waals surface area contributed by atoms with E-state index in [0.717, 1.165) is 72.3 Å². The minimum absolute atomic E-state index is 0.558. The van der Waals surface area contributed by atoms with Crippen molar-refractivity contribution in [2.24, 2.45) is 0 Å². The first-order valence-electron chi connectivity index (χ1n) is 18.3. The zero-order valence-electron chi connectivity index (χ0n) is 30.4. The van der Waals surface area contributed by atoms with E-state index < -0.39 is 0 Å². The van der Waals surface area contributed by atoms with Crippen LogP contribution in [0.2, 0.25) is 0 Å². The Bertz CT molecular complexity index is 2910. The summed E-state index contributed by atoms with van der Waals surface area (Å²) >= 11 is 0. The van der Waals surface area contributed by atoms with Gasteiger partial charge in [-0.15, -0.1) is 0 Å². The van der Waals surface area contributed by atoms with Crippen LogP contribution in [0.4, 0.5) is 0 Å². The number of allylic oxidation sites excluding steroid dienone is 7. The molecule has 0 spiro atoms. The Balaban J connectivity index is 1.22. The van der Waals surface area contributed by atoms with Crippen LogP contribution in [0.25, 0.3) is 84.3 Å². The van der Waals surface area contributed by atoms with E-state index in [2.05, 4.69) is 108 Å². The first kappa shape index (κ1) is 33.5. The van der Waals surface area contributed by atoms with Gasteiger partial charge in [0, 0.05) is 62.7 Å². The van der Waals surface area contributed by atoms with Gasteiger partial charge < -0.3 is 4.57 Å². The van der Waals surface area contributed by atoms with Crippen molar-refractivity contribution in [1.29, 1.82) is 5.26 Å². The van der Waals surface area contributed by atoms with Gasteiger partial charge in [-0.1, -0.05) is 128 Å². The maximum absolute atomic E-state index is 9.63. The first-order chi connectivity index (χ1) is 27.0. The van der Waals surface area contributed by atoms with E-state index >= 15 is 0 Å². The third kappa shape index (κ3) is 5.98. The fourth-order valence-electron chi connectivity index (χ4n) is 7.75. The van der Waals surface area contributed by atoms with E-state index in [1.807, 2.05) is 72.8 Å². The number of fused-ring (bicyclic) bond motifs is 4. The standard InChI is InChI=1S/C49H36N6/c1-4-5-18-40-33(3)54(49-52-47(35-14-8-6-9-15-35)51-48(53-49)36-16-10-7-11-17-36)45-25-22-37(29-42(40)45)38-23-26-46-43(30-38)41-19-12-13-20-44(41)55(46)39-24-21-34(31-50)27-32(2)28-39/h4-26,29-30H,1-2,27-28H2,3H3/b18-5-. The highest BCUT2D eigenvalue weighted by atomic mass is 15.2. The van der Waals surface area contributed by atoms with Crippen molar-refractivity contribution in [1.82, 2.24) is 24.1 Å². The SMILES string of the molecule is C=C/C=C\c1c(C)n(-c2nc(-c3ccccc3)nc(-c3ccccc3)n2)c2ccc(-c3ccc4c(c3)c3ccccc3n4C3=CC=C(C#N)CC(=C)C3)cc12. The number of hydrogen-bond donors (Lipinski definition) is 0. The van der Waals surface area contributed by atoms with E-state index in [1.54, 1.807) is 6.08 Å². The number of nitrogens with zero attached hydrogens (tertiary/aromatic N) is 6. The van der Waals surface area contributed by atoms with Crippen LogP contribution in [0.15, 0.2) is 170 Å². The molecule has 0 aliphatic heterocycles. The van der Waals surface area contributed by atoms with E-state index in [-0.39, 0.29) is 0 Å². The van der Waals surface area contributed by atoms with Crippen LogP contribution in [0.3, 0.4) is 0 Å². The maximum atomic E-state index is 9.63. The monoisotopic (exact) mass is 708 g/mol. The molecular weight excluding hydrogens is 673 g/mol. The number of nitriles is 1. The summed E-state index contributed by atoms with van der Waals surface area (Å²) < 4.78 is 4.46. The Morgan fingerprint density at radius 3 is 1.89 bits per heavy atom. The molecule has 0 N–H and O–H groups in total. The summed E-state index contributed by atoms with van der Waals surface area (Å²) in [6.07, 6.45) is 11.2. The minimum Gasteiger partial charge on any atom is -0.313 e. The van der Waals surface area contributed by atoms with Gasteiger partial charge in [0.2, 0.25) is 5.95 Å². The molecule has 0 unspecified atom stereocenters. The smallest absolute Gasteiger partial charge is 0.238 e. The lowest BCUT2D eigenvalue weighted by atomic mass is 10.00. The van der Waals surface area contributed by atoms with Gasteiger partial charge in [-0.25, -0.2) is 4.98 Å². The molecule has 0 saturated carbocycles. The predicted octanol–water partition coefficient (Wildman–Crippen LogP) is 12.1. The Kier molecular flexibility index (Phi) is 8.45. The van der Waals surface area contributed by atoms with Gasteiger partial charge >= 0.3 is 0 Å². The molecule has 0 fully saturated rings. The number of para-hydroxylation sites is 1. The number of benzene rings is 5. The van der Waals surface area contributed by atoms with Crippen LogP contribution in [0.1, 0.15) is 24.1 Å². The summed E-state index contributed by atoms with van der Waals surface area (Å²) in [6.45, 7) is 10.4. The van der Waals surface area contributed by atoms with Crippen molar-refractivity contribution in [2.45, 2.75) is 19.8 Å². The highest BCUT2D eigenvalue weighted by Crippen LogP contribution is 2.39. The molecule has 3 heterocycles. The molecule has 262 valence electrons. The third-order valence-corrected chi connectivity index (χ3v) is 10.3. The zero-order chi connectivity index (χ0) is 37.5. The molecule has 0 saturated heterocycles. The van der Waals surface area contributed by atoms with Gasteiger partial charge in [0.15, 0.2) is 11.6 Å². The second-order valence-corrected chi connectivity index (χ2v) is 13.8. The van der Waals surface area contributed by atoms with E-state index in [1.165, 1.54) is 10.8 Å². The molecule has 0 bridgehead atoms. The number of hydrogen-bond acceptors (Lipinski definition) is 4. The zero-order valence-corrected chi connectivity index (χ0v) is 30.4. The van der Waals surface area contributed by atoms with Crippen LogP contribution < -0.4 is 0 Å². The quantitative estimate of drug-likeness (QED) is 0.122. The van der Waals surface area contributed by atoms with Crippen molar-refractivity contribution >= 4 is 44.5 Å². The Hall–Kier alpha value is -7.36. The van der Waals surface area contributed by atoms with E-state index in [9.17, 15) is 5.26 Å². The number of aromatic nitrogens is 5. The average molecular weight is 709 g/mol. The molecule has 3 aromatic heterocycles.